The van der Waals surface area contributed by atoms with Crippen LogP contribution < -0.4 is 10.2 Å². The molecule has 2 heterocycles. The Morgan fingerprint density at radius 2 is 1.93 bits per heavy atom. The first-order valence-corrected chi connectivity index (χ1v) is 9.07. The second-order valence-corrected chi connectivity index (χ2v) is 6.40. The zero-order valence-electron chi connectivity index (χ0n) is 15.6. The van der Waals surface area contributed by atoms with Crippen molar-refractivity contribution in [1.29, 1.82) is 0 Å². The number of hydrogen-bond donors (Lipinski definition) is 1. The molecule has 0 bridgehead atoms. The summed E-state index contributed by atoms with van der Waals surface area (Å²) in [5.41, 5.74) is 3.13. The van der Waals surface area contributed by atoms with Crippen molar-refractivity contribution in [3.05, 3.63) is 53.9 Å². The van der Waals surface area contributed by atoms with Crippen LogP contribution in [0.1, 0.15) is 23.0 Å². The fourth-order valence-electron chi connectivity index (χ4n) is 2.99. The number of nitrogens with one attached hydrogen (secondary N) is 1. The number of hydrogen-bond acceptors (Lipinski definition) is 5. The number of aryl methyl sites for hydroxylation is 1. The van der Waals surface area contributed by atoms with Gasteiger partial charge < -0.3 is 19.9 Å². The summed E-state index contributed by atoms with van der Waals surface area (Å²) in [6, 6.07) is 11.2. The van der Waals surface area contributed by atoms with Crippen LogP contribution in [0.3, 0.4) is 0 Å². The molecule has 0 spiro atoms. The molecule has 1 fully saturated rings. The molecule has 1 aromatic carbocycles. The summed E-state index contributed by atoms with van der Waals surface area (Å²) in [5, 5.41) is 2.86. The van der Waals surface area contributed by atoms with Crippen molar-refractivity contribution in [2.75, 3.05) is 43.0 Å². The van der Waals surface area contributed by atoms with E-state index in [9.17, 15) is 9.59 Å². The molecule has 1 aliphatic heterocycles. The van der Waals surface area contributed by atoms with Crippen molar-refractivity contribution in [3.63, 3.8) is 0 Å². The van der Waals surface area contributed by atoms with Gasteiger partial charge in [0.1, 0.15) is 5.69 Å². The molecule has 7 heteroatoms. The Labute approximate surface area is 158 Å². The molecule has 1 aliphatic rings. The third-order valence-electron chi connectivity index (χ3n) is 4.43. The molecular formula is C20H24N4O3. The summed E-state index contributed by atoms with van der Waals surface area (Å²) in [5.74, 6) is -0.237. The number of benzene rings is 1. The molecule has 0 aliphatic carbocycles. The molecule has 142 valence electrons. The van der Waals surface area contributed by atoms with E-state index < -0.39 is 0 Å². The number of rotatable bonds is 4. The Morgan fingerprint density at radius 3 is 2.56 bits per heavy atom. The SMILES string of the molecule is CCOC(=O)N1CCN(c2ccc(C(=O)Nc3cccc(C)c3)nc2)CC1. The van der Waals surface area contributed by atoms with Crippen molar-refractivity contribution in [3.8, 4) is 0 Å². The Hall–Kier alpha value is -3.09. The van der Waals surface area contributed by atoms with Gasteiger partial charge in [0.15, 0.2) is 0 Å². The number of pyridine rings is 1. The maximum absolute atomic E-state index is 12.3. The maximum Gasteiger partial charge on any atom is 0.409 e. The van der Waals surface area contributed by atoms with Crippen LogP contribution in [0.25, 0.3) is 0 Å². The average Bonchev–Trinajstić information content (AvgIpc) is 2.68. The summed E-state index contributed by atoms with van der Waals surface area (Å²) in [4.78, 5) is 32.3. The van der Waals surface area contributed by atoms with Crippen LogP contribution in [-0.2, 0) is 4.74 Å². The van der Waals surface area contributed by atoms with Crippen molar-refractivity contribution in [2.24, 2.45) is 0 Å². The smallest absolute Gasteiger partial charge is 0.409 e. The van der Waals surface area contributed by atoms with Crippen LogP contribution >= 0.6 is 0 Å². The second kappa shape index (κ2) is 8.53. The molecule has 2 aromatic rings. The average molecular weight is 368 g/mol. The molecule has 0 atom stereocenters. The standard InChI is InChI=1S/C20H24N4O3/c1-3-27-20(26)24-11-9-23(10-12-24)17-7-8-18(21-14-17)19(25)22-16-6-4-5-15(2)13-16/h4-8,13-14H,3,9-12H2,1-2H3,(H,22,25). The number of anilines is 2. The lowest BCUT2D eigenvalue weighted by molar-refractivity contribution is 0.101. The third-order valence-corrected chi connectivity index (χ3v) is 4.43. The van der Waals surface area contributed by atoms with Gasteiger partial charge >= 0.3 is 6.09 Å². The van der Waals surface area contributed by atoms with E-state index in [0.29, 0.717) is 38.5 Å². The second-order valence-electron chi connectivity index (χ2n) is 6.40. The van der Waals surface area contributed by atoms with Gasteiger partial charge in [0.25, 0.3) is 5.91 Å². The van der Waals surface area contributed by atoms with E-state index in [2.05, 4.69) is 15.2 Å². The zero-order chi connectivity index (χ0) is 19.2. The van der Waals surface area contributed by atoms with E-state index in [0.717, 1.165) is 16.9 Å². The lowest BCUT2D eigenvalue weighted by atomic mass is 10.2. The first kappa shape index (κ1) is 18.7. The van der Waals surface area contributed by atoms with Crippen LogP contribution in [0.4, 0.5) is 16.2 Å². The van der Waals surface area contributed by atoms with Crippen molar-refractivity contribution in [1.82, 2.24) is 9.88 Å². The van der Waals surface area contributed by atoms with Gasteiger partial charge in [-0.1, -0.05) is 12.1 Å². The van der Waals surface area contributed by atoms with E-state index in [-0.39, 0.29) is 12.0 Å². The number of amides is 2. The number of nitrogens with zero attached hydrogens (tertiary/aromatic N) is 3. The highest BCUT2D eigenvalue weighted by Gasteiger charge is 2.22. The molecule has 0 radical (unpaired) electrons. The van der Waals surface area contributed by atoms with Gasteiger partial charge in [-0.2, -0.15) is 0 Å². The molecule has 7 nitrogen and oxygen atoms in total. The highest BCUT2D eigenvalue weighted by molar-refractivity contribution is 6.03. The fraction of sp³-hybridized carbons (Fsp3) is 0.350. The third kappa shape index (κ3) is 4.75. The summed E-state index contributed by atoms with van der Waals surface area (Å²) in [6.45, 7) is 6.78. The van der Waals surface area contributed by atoms with Gasteiger partial charge in [-0.3, -0.25) is 4.79 Å². The molecule has 0 unspecified atom stereocenters. The monoisotopic (exact) mass is 368 g/mol. The Bertz CT molecular complexity index is 799. The van der Waals surface area contributed by atoms with E-state index in [1.807, 2.05) is 37.3 Å². The molecular weight excluding hydrogens is 344 g/mol. The first-order valence-electron chi connectivity index (χ1n) is 9.07. The van der Waals surface area contributed by atoms with Crippen LogP contribution in [0.5, 0.6) is 0 Å². The van der Waals surface area contributed by atoms with Crippen LogP contribution in [0.2, 0.25) is 0 Å². The van der Waals surface area contributed by atoms with E-state index >= 15 is 0 Å². The highest BCUT2D eigenvalue weighted by atomic mass is 16.6. The minimum atomic E-state index is -0.265. The summed E-state index contributed by atoms with van der Waals surface area (Å²) >= 11 is 0. The quantitative estimate of drug-likeness (QED) is 0.898. The number of carbonyl (C=O) groups is 2. The Morgan fingerprint density at radius 1 is 1.15 bits per heavy atom. The minimum absolute atomic E-state index is 0.237. The summed E-state index contributed by atoms with van der Waals surface area (Å²) in [6.07, 6.45) is 1.43. The number of carbonyl (C=O) groups excluding carboxylic acids is 2. The van der Waals surface area contributed by atoms with Gasteiger partial charge in [-0.15, -0.1) is 0 Å². The van der Waals surface area contributed by atoms with E-state index in [1.54, 1.807) is 24.1 Å². The molecule has 1 N–H and O–H groups in total. The van der Waals surface area contributed by atoms with E-state index in [4.69, 9.17) is 4.74 Å². The van der Waals surface area contributed by atoms with Gasteiger partial charge in [0.05, 0.1) is 18.5 Å². The lowest BCUT2D eigenvalue weighted by Gasteiger charge is -2.35. The normalized spacial score (nSPS) is 14.0. The Kier molecular flexibility index (Phi) is 5.90. The van der Waals surface area contributed by atoms with Crippen molar-refractivity contribution >= 4 is 23.4 Å². The molecule has 3 rings (SSSR count). The predicted octanol–water partition coefficient (Wildman–Crippen LogP) is 2.92. The molecule has 27 heavy (non-hydrogen) atoms. The summed E-state index contributed by atoms with van der Waals surface area (Å²) in [7, 11) is 0. The predicted molar refractivity (Wildman–Crippen MR) is 104 cm³/mol. The Balaban J connectivity index is 1.57. The van der Waals surface area contributed by atoms with Crippen LogP contribution in [0.15, 0.2) is 42.6 Å². The zero-order valence-corrected chi connectivity index (χ0v) is 15.6. The van der Waals surface area contributed by atoms with Gasteiger partial charge in [-0.05, 0) is 43.7 Å². The van der Waals surface area contributed by atoms with Crippen LogP contribution in [-0.4, -0.2) is 54.7 Å². The molecule has 2 amide bonds. The number of aromatic nitrogens is 1. The largest absolute Gasteiger partial charge is 0.450 e. The van der Waals surface area contributed by atoms with Gasteiger partial charge in [0, 0.05) is 31.9 Å². The maximum atomic E-state index is 12.3. The van der Waals surface area contributed by atoms with Gasteiger partial charge in [-0.25, -0.2) is 9.78 Å². The summed E-state index contributed by atoms with van der Waals surface area (Å²) < 4.78 is 5.03. The topological polar surface area (TPSA) is 74.8 Å². The minimum Gasteiger partial charge on any atom is -0.450 e. The first-order chi connectivity index (χ1) is 13.1. The fourth-order valence-corrected chi connectivity index (χ4v) is 2.99. The number of piperazine rings is 1. The van der Waals surface area contributed by atoms with Gasteiger partial charge in [0.2, 0.25) is 0 Å². The number of ether oxygens (including phenoxy) is 1. The molecule has 1 aromatic heterocycles. The molecule has 1 saturated heterocycles. The van der Waals surface area contributed by atoms with Crippen molar-refractivity contribution < 1.29 is 14.3 Å². The van der Waals surface area contributed by atoms with Crippen molar-refractivity contribution in [2.45, 2.75) is 13.8 Å². The van der Waals surface area contributed by atoms with Crippen LogP contribution in [0, 0.1) is 6.92 Å². The lowest BCUT2D eigenvalue weighted by Crippen LogP contribution is -2.49. The highest BCUT2D eigenvalue weighted by Crippen LogP contribution is 2.17. The van der Waals surface area contributed by atoms with E-state index in [1.165, 1.54) is 0 Å². The molecule has 0 saturated carbocycles.